The number of benzene rings is 2. The number of fused-ring (bicyclic) bond motifs is 1. The summed E-state index contributed by atoms with van der Waals surface area (Å²) < 4.78 is 12.2. The van der Waals surface area contributed by atoms with Gasteiger partial charge in [-0.05, 0) is 54.8 Å². The fourth-order valence-electron chi connectivity index (χ4n) is 3.81. The molecule has 1 saturated heterocycles. The van der Waals surface area contributed by atoms with E-state index in [9.17, 15) is 9.59 Å². The lowest BCUT2D eigenvalue weighted by Crippen LogP contribution is -2.34. The fraction of sp³-hybridized carbons (Fsp3) is 0.364. The van der Waals surface area contributed by atoms with Gasteiger partial charge in [0.2, 0.25) is 5.91 Å². The molecule has 0 aromatic heterocycles. The van der Waals surface area contributed by atoms with Crippen LogP contribution in [0.3, 0.4) is 0 Å². The zero-order chi connectivity index (χ0) is 20.2. The highest BCUT2D eigenvalue weighted by Gasteiger charge is 2.30. The summed E-state index contributed by atoms with van der Waals surface area (Å²) in [7, 11) is 0. The smallest absolute Gasteiger partial charge is 0.251 e. The molecule has 2 aliphatic rings. The number of ether oxygens (including phenoxy) is 2. The highest BCUT2D eigenvalue weighted by molar-refractivity contribution is 9.10. The van der Waals surface area contributed by atoms with Crippen LogP contribution in [-0.4, -0.2) is 43.0 Å². The molecular formula is C22H23BrN2O4. The predicted molar refractivity (Wildman–Crippen MR) is 112 cm³/mol. The number of likely N-dealkylation sites (tertiary alicyclic amines) is 1. The van der Waals surface area contributed by atoms with Crippen molar-refractivity contribution in [3.8, 4) is 11.5 Å². The van der Waals surface area contributed by atoms with Gasteiger partial charge in [0.05, 0.1) is 6.04 Å². The van der Waals surface area contributed by atoms with Crippen molar-refractivity contribution in [1.29, 1.82) is 0 Å². The fourth-order valence-corrected chi connectivity index (χ4v) is 4.07. The third-order valence-electron chi connectivity index (χ3n) is 5.25. The molecule has 152 valence electrons. The number of hydrogen-bond donors (Lipinski definition) is 1. The van der Waals surface area contributed by atoms with E-state index in [4.69, 9.17) is 9.47 Å². The van der Waals surface area contributed by atoms with Gasteiger partial charge in [-0.1, -0.05) is 22.0 Å². The predicted octanol–water partition coefficient (Wildman–Crippen LogP) is 3.70. The third kappa shape index (κ3) is 4.56. The maximum Gasteiger partial charge on any atom is 0.251 e. The summed E-state index contributed by atoms with van der Waals surface area (Å²) in [6, 6.07) is 13.1. The Morgan fingerprint density at radius 3 is 2.62 bits per heavy atom. The number of carbonyl (C=O) groups excluding carboxylic acids is 2. The molecule has 2 amide bonds. The Kier molecular flexibility index (Phi) is 6.04. The van der Waals surface area contributed by atoms with E-state index in [-0.39, 0.29) is 24.3 Å². The second-order valence-corrected chi connectivity index (χ2v) is 8.08. The average molecular weight is 459 g/mol. The van der Waals surface area contributed by atoms with E-state index in [0.717, 1.165) is 40.9 Å². The lowest BCUT2D eigenvalue weighted by molar-refractivity contribution is -0.132. The van der Waals surface area contributed by atoms with Gasteiger partial charge in [0.1, 0.15) is 13.2 Å². The van der Waals surface area contributed by atoms with E-state index in [1.54, 1.807) is 12.1 Å². The van der Waals surface area contributed by atoms with Gasteiger partial charge in [0.25, 0.3) is 5.91 Å². The first kappa shape index (κ1) is 19.8. The maximum absolute atomic E-state index is 12.8. The number of nitrogens with zero attached hydrogens (tertiary/aromatic N) is 1. The largest absolute Gasteiger partial charge is 0.486 e. The molecule has 2 aromatic rings. The van der Waals surface area contributed by atoms with Crippen molar-refractivity contribution >= 4 is 27.7 Å². The van der Waals surface area contributed by atoms with Crippen molar-refractivity contribution in [1.82, 2.24) is 10.2 Å². The van der Waals surface area contributed by atoms with Crippen LogP contribution >= 0.6 is 15.9 Å². The molecule has 2 heterocycles. The molecule has 4 rings (SSSR count). The lowest BCUT2D eigenvalue weighted by atomic mass is 10.0. The number of halogens is 1. The maximum atomic E-state index is 12.8. The van der Waals surface area contributed by atoms with Crippen LogP contribution in [0.4, 0.5) is 0 Å². The average Bonchev–Trinajstić information content (AvgIpc) is 3.24. The van der Waals surface area contributed by atoms with Crippen LogP contribution in [-0.2, 0) is 4.79 Å². The van der Waals surface area contributed by atoms with Crippen LogP contribution in [0.25, 0.3) is 0 Å². The summed E-state index contributed by atoms with van der Waals surface area (Å²) in [5.74, 6) is 1.38. The Morgan fingerprint density at radius 1 is 1.07 bits per heavy atom. The standard InChI is InChI=1S/C22H23BrN2O4/c23-17-6-3-15(4-7-17)22(27)24-10-9-21(26)25-11-1-2-18(25)16-5-8-19-20(14-16)29-13-12-28-19/h3-8,14,18H,1-2,9-13H2,(H,24,27). The van der Waals surface area contributed by atoms with E-state index >= 15 is 0 Å². The first-order valence-corrected chi connectivity index (χ1v) is 10.6. The van der Waals surface area contributed by atoms with Crippen LogP contribution in [0.2, 0.25) is 0 Å². The topological polar surface area (TPSA) is 67.9 Å². The van der Waals surface area contributed by atoms with Crippen LogP contribution in [0.5, 0.6) is 11.5 Å². The lowest BCUT2D eigenvalue weighted by Gasteiger charge is -2.27. The van der Waals surface area contributed by atoms with Crippen LogP contribution in [0.1, 0.15) is 41.2 Å². The zero-order valence-corrected chi connectivity index (χ0v) is 17.6. The van der Waals surface area contributed by atoms with Crippen molar-refractivity contribution in [3.63, 3.8) is 0 Å². The van der Waals surface area contributed by atoms with E-state index < -0.39 is 0 Å². The summed E-state index contributed by atoms with van der Waals surface area (Å²) in [6.45, 7) is 2.16. The summed E-state index contributed by atoms with van der Waals surface area (Å²) >= 11 is 3.35. The molecule has 0 radical (unpaired) electrons. The van der Waals surface area contributed by atoms with Crippen LogP contribution < -0.4 is 14.8 Å². The molecule has 0 aliphatic carbocycles. The number of carbonyl (C=O) groups is 2. The van der Waals surface area contributed by atoms with Gasteiger partial charge < -0.3 is 19.7 Å². The SMILES string of the molecule is O=C(NCCC(=O)N1CCCC1c1ccc2c(c1)OCCO2)c1ccc(Br)cc1. The molecule has 1 fully saturated rings. The molecule has 1 unspecified atom stereocenters. The molecule has 1 atom stereocenters. The van der Waals surface area contributed by atoms with Crippen LogP contribution in [0, 0.1) is 0 Å². The summed E-state index contributed by atoms with van der Waals surface area (Å²) in [5, 5.41) is 2.83. The monoisotopic (exact) mass is 458 g/mol. The summed E-state index contributed by atoms with van der Waals surface area (Å²) in [4.78, 5) is 26.9. The number of hydrogen-bond acceptors (Lipinski definition) is 4. The van der Waals surface area contributed by atoms with Crippen molar-refractivity contribution in [2.75, 3.05) is 26.3 Å². The Bertz CT molecular complexity index is 900. The Balaban J connectivity index is 1.34. The van der Waals surface area contributed by atoms with E-state index in [2.05, 4.69) is 21.2 Å². The quantitative estimate of drug-likeness (QED) is 0.741. The Labute approximate surface area is 178 Å². The number of rotatable bonds is 5. The molecule has 2 aromatic carbocycles. The minimum Gasteiger partial charge on any atom is -0.486 e. The molecule has 0 spiro atoms. The molecule has 0 saturated carbocycles. The molecule has 7 heteroatoms. The molecule has 2 aliphatic heterocycles. The molecule has 6 nitrogen and oxygen atoms in total. The highest BCUT2D eigenvalue weighted by atomic mass is 79.9. The number of nitrogens with one attached hydrogen (secondary N) is 1. The molecule has 29 heavy (non-hydrogen) atoms. The van der Waals surface area contributed by atoms with Gasteiger partial charge >= 0.3 is 0 Å². The van der Waals surface area contributed by atoms with Gasteiger partial charge in [-0.15, -0.1) is 0 Å². The van der Waals surface area contributed by atoms with Gasteiger partial charge in [0.15, 0.2) is 11.5 Å². The second kappa shape index (κ2) is 8.86. The van der Waals surface area contributed by atoms with Crippen molar-refractivity contribution in [3.05, 3.63) is 58.1 Å². The normalized spacial score (nSPS) is 17.8. The molecule has 0 bridgehead atoms. The number of amides is 2. The molecular weight excluding hydrogens is 436 g/mol. The summed E-state index contributed by atoms with van der Waals surface area (Å²) in [6.07, 6.45) is 2.18. The van der Waals surface area contributed by atoms with E-state index in [0.29, 0.717) is 25.3 Å². The van der Waals surface area contributed by atoms with Crippen LogP contribution in [0.15, 0.2) is 46.9 Å². The summed E-state index contributed by atoms with van der Waals surface area (Å²) in [5.41, 5.74) is 1.65. The van der Waals surface area contributed by atoms with Crippen molar-refractivity contribution in [2.45, 2.75) is 25.3 Å². The van der Waals surface area contributed by atoms with Gasteiger partial charge in [-0.2, -0.15) is 0 Å². The highest BCUT2D eigenvalue weighted by Crippen LogP contribution is 2.38. The van der Waals surface area contributed by atoms with Gasteiger partial charge in [0, 0.05) is 29.5 Å². The van der Waals surface area contributed by atoms with E-state index in [1.807, 2.05) is 35.2 Å². The Hall–Kier alpha value is -2.54. The first-order valence-electron chi connectivity index (χ1n) is 9.84. The second-order valence-electron chi connectivity index (χ2n) is 7.16. The molecule has 1 N–H and O–H groups in total. The van der Waals surface area contributed by atoms with Gasteiger partial charge in [-0.25, -0.2) is 0 Å². The minimum atomic E-state index is -0.171. The minimum absolute atomic E-state index is 0.0421. The third-order valence-corrected chi connectivity index (χ3v) is 5.78. The zero-order valence-electron chi connectivity index (χ0n) is 16.0. The first-order chi connectivity index (χ1) is 14.1. The Morgan fingerprint density at radius 2 is 1.83 bits per heavy atom. The van der Waals surface area contributed by atoms with Crippen molar-refractivity contribution < 1.29 is 19.1 Å². The van der Waals surface area contributed by atoms with Crippen molar-refractivity contribution in [2.24, 2.45) is 0 Å². The van der Waals surface area contributed by atoms with E-state index in [1.165, 1.54) is 0 Å². The van der Waals surface area contributed by atoms with Gasteiger partial charge in [-0.3, -0.25) is 9.59 Å².